The van der Waals surface area contributed by atoms with Crippen LogP contribution >= 0.6 is 11.3 Å². The van der Waals surface area contributed by atoms with E-state index in [1.807, 2.05) is 46.1 Å². The minimum absolute atomic E-state index is 0.0309. The molecule has 18 nitrogen and oxygen atoms in total. The SMILES string of the molecule is CC[C@]1(C(=O)O)CCCCCCC[C@H](NC(=O)NC(CN(C)S(=O)(=O)N(C)C)C(C)(C)C)C(=O)N2C[C@H](Oc3cc(-c4csc(NC(C)C)n4)nc4cc(OC)ccc34)C[C@H]2C(=O)N1. The summed E-state index contributed by atoms with van der Waals surface area (Å²) < 4.78 is 40.4. The van der Waals surface area contributed by atoms with Crippen LogP contribution in [0.1, 0.15) is 99.3 Å². The minimum Gasteiger partial charge on any atom is -0.497 e. The van der Waals surface area contributed by atoms with Gasteiger partial charge in [0, 0.05) is 69.1 Å². The molecule has 5 atom stereocenters. The molecule has 354 valence electrons. The van der Waals surface area contributed by atoms with Gasteiger partial charge in [-0.1, -0.05) is 59.8 Å². The van der Waals surface area contributed by atoms with Crippen LogP contribution in [0, 0.1) is 5.41 Å². The maximum atomic E-state index is 14.9. The van der Waals surface area contributed by atoms with E-state index >= 15 is 0 Å². The van der Waals surface area contributed by atoms with E-state index in [2.05, 4.69) is 21.3 Å². The Labute approximate surface area is 381 Å². The van der Waals surface area contributed by atoms with Gasteiger partial charge in [0.2, 0.25) is 11.8 Å². The number of fused-ring (bicyclic) bond motifs is 2. The summed E-state index contributed by atoms with van der Waals surface area (Å²) in [5.74, 6) is -1.27. The zero-order valence-electron chi connectivity index (χ0n) is 38.8. The molecule has 2 aromatic heterocycles. The number of likely N-dealkylation sites (N-methyl/N-ethyl adjacent to an activating group) is 1. The first-order valence-electron chi connectivity index (χ1n) is 22.0. The highest BCUT2D eigenvalue weighted by Gasteiger charge is 2.47. The summed E-state index contributed by atoms with van der Waals surface area (Å²) in [6.45, 7) is 11.3. The van der Waals surface area contributed by atoms with Gasteiger partial charge in [0.05, 0.1) is 24.9 Å². The maximum Gasteiger partial charge on any atom is 0.329 e. The Morgan fingerprint density at radius 3 is 2.41 bits per heavy atom. The van der Waals surface area contributed by atoms with Gasteiger partial charge < -0.3 is 40.7 Å². The van der Waals surface area contributed by atoms with Crippen molar-refractivity contribution in [1.29, 1.82) is 0 Å². The highest BCUT2D eigenvalue weighted by Crippen LogP contribution is 2.36. The number of aromatic nitrogens is 2. The van der Waals surface area contributed by atoms with Crippen molar-refractivity contribution in [2.45, 2.75) is 135 Å². The lowest BCUT2D eigenvalue weighted by Gasteiger charge is -2.36. The third-order valence-electron chi connectivity index (χ3n) is 12.0. The molecule has 0 radical (unpaired) electrons. The van der Waals surface area contributed by atoms with Gasteiger partial charge in [0.1, 0.15) is 40.9 Å². The van der Waals surface area contributed by atoms with Gasteiger partial charge in [-0.3, -0.25) is 9.59 Å². The average Bonchev–Trinajstić information content (AvgIpc) is 3.88. The highest BCUT2D eigenvalue weighted by atomic mass is 32.2. The first-order chi connectivity index (χ1) is 30.1. The monoisotopic (exact) mass is 929 g/mol. The molecule has 3 aromatic rings. The van der Waals surface area contributed by atoms with Crippen LogP contribution in [0.25, 0.3) is 22.3 Å². The number of anilines is 1. The van der Waals surface area contributed by atoms with Crippen molar-refractivity contribution in [3.05, 3.63) is 29.6 Å². The Bertz CT molecular complexity index is 2250. The van der Waals surface area contributed by atoms with E-state index in [4.69, 9.17) is 19.4 Å². The molecule has 0 aliphatic carbocycles. The van der Waals surface area contributed by atoms with Crippen molar-refractivity contribution in [2.24, 2.45) is 5.41 Å². The number of methoxy groups -OCH3 is 1. The molecule has 5 N–H and O–H groups in total. The van der Waals surface area contributed by atoms with Crippen LogP contribution < -0.4 is 30.7 Å². The minimum atomic E-state index is -3.79. The number of urea groups is 1. The van der Waals surface area contributed by atoms with E-state index in [1.165, 1.54) is 41.7 Å². The lowest BCUT2D eigenvalue weighted by Crippen LogP contribution is -2.61. The first-order valence-corrected chi connectivity index (χ1v) is 24.3. The van der Waals surface area contributed by atoms with Gasteiger partial charge in [-0.2, -0.15) is 17.0 Å². The van der Waals surface area contributed by atoms with E-state index < -0.39 is 69.2 Å². The summed E-state index contributed by atoms with van der Waals surface area (Å²) in [5, 5.41) is 25.8. The number of carboxylic acid groups (broad SMARTS) is 1. The summed E-state index contributed by atoms with van der Waals surface area (Å²) >= 11 is 1.45. The number of carbonyl (C=O) groups is 4. The van der Waals surface area contributed by atoms with Crippen molar-refractivity contribution in [3.63, 3.8) is 0 Å². The number of nitrogens with zero attached hydrogens (tertiary/aromatic N) is 5. The molecule has 2 saturated heterocycles. The molecule has 0 saturated carbocycles. The van der Waals surface area contributed by atoms with Crippen LogP contribution in [-0.4, -0.2) is 138 Å². The zero-order valence-corrected chi connectivity index (χ0v) is 40.5. The van der Waals surface area contributed by atoms with E-state index in [0.29, 0.717) is 46.6 Å². The molecule has 1 unspecified atom stereocenters. The average molecular weight is 930 g/mol. The van der Waals surface area contributed by atoms with Gasteiger partial charge in [-0.05, 0) is 50.7 Å². The Kier molecular flexibility index (Phi) is 16.5. The Morgan fingerprint density at radius 2 is 1.77 bits per heavy atom. The number of benzene rings is 1. The molecule has 0 bridgehead atoms. The van der Waals surface area contributed by atoms with Crippen LogP contribution in [0.4, 0.5) is 9.93 Å². The van der Waals surface area contributed by atoms with Crippen LogP contribution in [-0.2, 0) is 24.6 Å². The van der Waals surface area contributed by atoms with E-state index in [0.717, 1.165) is 28.7 Å². The van der Waals surface area contributed by atoms with Gasteiger partial charge in [0.25, 0.3) is 10.2 Å². The van der Waals surface area contributed by atoms with Crippen LogP contribution in [0.2, 0.25) is 0 Å². The lowest BCUT2D eigenvalue weighted by molar-refractivity contribution is -0.150. The lowest BCUT2D eigenvalue weighted by atomic mass is 9.86. The third kappa shape index (κ3) is 12.1. The number of aliphatic carboxylic acids is 1. The summed E-state index contributed by atoms with van der Waals surface area (Å²) in [6.07, 6.45) is 3.31. The molecule has 64 heavy (non-hydrogen) atoms. The normalized spacial score (nSPS) is 22.2. The molecular formula is C44H67N9O9S2. The second-order valence-corrected chi connectivity index (χ2v) is 21.5. The maximum absolute atomic E-state index is 14.9. The smallest absolute Gasteiger partial charge is 0.329 e. The number of carbonyl (C=O) groups excluding carboxylic acids is 3. The standard InChI is InChI=1S/C44H67N9O9S2/c1-11-44(40(56)57)20-16-14-12-13-15-17-31(47-41(58)49-37(43(4,5)6)25-52(9)64(59,60)51(7)8)39(55)53-24-29(22-35(53)38(54)50-44)62-36-23-33(34-26-63-42(48-34)45-27(2)3)46-32-21-28(61-10)18-19-30(32)36/h18-19,21,23,26-27,29,31,35,37H,11-17,20,22,24-25H2,1-10H3,(H,45,48)(H,50,54)(H,56,57)(H2,47,49,58)/t29-,31+,35+,37?,44-/m1/s1. The van der Waals surface area contributed by atoms with Crippen LogP contribution in [0.5, 0.6) is 11.5 Å². The van der Waals surface area contributed by atoms with Crippen molar-refractivity contribution in [1.82, 2.24) is 39.4 Å². The number of hydrogen-bond acceptors (Lipinski definition) is 12. The van der Waals surface area contributed by atoms with Crippen molar-refractivity contribution >= 4 is 61.4 Å². The van der Waals surface area contributed by atoms with Crippen LogP contribution in [0.3, 0.4) is 0 Å². The van der Waals surface area contributed by atoms with Crippen LogP contribution in [0.15, 0.2) is 29.6 Å². The Morgan fingerprint density at radius 1 is 1.06 bits per heavy atom. The van der Waals surface area contributed by atoms with E-state index in [-0.39, 0.29) is 44.8 Å². The first kappa shape index (κ1) is 50.2. The molecule has 2 aliphatic heterocycles. The molecule has 2 aliphatic rings. The quantitative estimate of drug-likeness (QED) is 0.136. The predicted molar refractivity (Wildman–Crippen MR) is 248 cm³/mol. The topological polar surface area (TPSA) is 225 Å². The Hall–Kier alpha value is -4.79. The second-order valence-electron chi connectivity index (χ2n) is 18.4. The summed E-state index contributed by atoms with van der Waals surface area (Å²) in [4.78, 5) is 67.2. The van der Waals surface area contributed by atoms with Crippen molar-refractivity contribution in [2.75, 3.05) is 46.7 Å². The molecule has 4 amide bonds. The molecule has 1 aromatic carbocycles. The number of pyridine rings is 1. The molecule has 5 rings (SSSR count). The summed E-state index contributed by atoms with van der Waals surface area (Å²) in [7, 11) is 2.07. The zero-order chi connectivity index (χ0) is 47.1. The fraction of sp³-hybridized carbons (Fsp3) is 0.636. The third-order valence-corrected chi connectivity index (χ3v) is 14.7. The number of amides is 4. The van der Waals surface area contributed by atoms with E-state index in [9.17, 15) is 32.7 Å². The van der Waals surface area contributed by atoms with Gasteiger partial charge in [-0.25, -0.2) is 19.6 Å². The number of ether oxygens (including phenoxy) is 2. The van der Waals surface area contributed by atoms with Gasteiger partial charge >= 0.3 is 12.0 Å². The highest BCUT2D eigenvalue weighted by molar-refractivity contribution is 7.86. The number of rotatable bonds is 14. The molecule has 0 spiro atoms. The summed E-state index contributed by atoms with van der Waals surface area (Å²) in [6, 6.07) is 3.82. The number of nitrogens with one attached hydrogen (secondary N) is 4. The fourth-order valence-corrected chi connectivity index (χ4v) is 9.78. The number of hydrogen-bond donors (Lipinski definition) is 5. The predicted octanol–water partition coefficient (Wildman–Crippen LogP) is 5.45. The number of thiazole rings is 1. The molecule has 2 fully saturated rings. The fourth-order valence-electron chi connectivity index (χ4n) is 8.04. The van der Waals surface area contributed by atoms with Gasteiger partial charge in [-0.15, -0.1) is 11.3 Å². The van der Waals surface area contributed by atoms with Crippen molar-refractivity contribution in [3.8, 4) is 22.9 Å². The molecule has 20 heteroatoms. The second kappa shape index (κ2) is 21.0. The largest absolute Gasteiger partial charge is 0.497 e. The van der Waals surface area contributed by atoms with Crippen molar-refractivity contribution < 1.29 is 42.2 Å². The Balaban J connectivity index is 1.50. The molecular weight excluding hydrogens is 863 g/mol. The van der Waals surface area contributed by atoms with E-state index in [1.54, 1.807) is 32.2 Å². The van der Waals surface area contributed by atoms with Gasteiger partial charge in [0.15, 0.2) is 5.13 Å². The summed E-state index contributed by atoms with van der Waals surface area (Å²) in [5.41, 5.74) is -0.399. The molecule has 4 heterocycles. The number of carboxylic acids is 1.